The number of alkyl halides is 1. The second kappa shape index (κ2) is 8.68. The summed E-state index contributed by atoms with van der Waals surface area (Å²) in [4.78, 5) is 13.0. The van der Waals surface area contributed by atoms with Crippen LogP contribution in [0.1, 0.15) is 22.8 Å². The predicted octanol–water partition coefficient (Wildman–Crippen LogP) is 5.70. The molecule has 0 aliphatic rings. The topological polar surface area (TPSA) is 49.8 Å². The Morgan fingerprint density at radius 3 is 2.41 bits per heavy atom. The molecule has 150 valence electrons. The monoisotopic (exact) mass is 401 g/mol. The van der Waals surface area contributed by atoms with Crippen LogP contribution in [0.25, 0.3) is 0 Å². The molecule has 0 heterocycles. The smallest absolute Gasteiger partial charge is 0.335 e. The van der Waals surface area contributed by atoms with Gasteiger partial charge in [-0.25, -0.2) is 18.0 Å². The Labute approximate surface area is 165 Å². The van der Waals surface area contributed by atoms with Gasteiger partial charge in [-0.2, -0.15) is 0 Å². The van der Waals surface area contributed by atoms with Gasteiger partial charge in [0.25, 0.3) is 0 Å². The normalized spacial score (nSPS) is 11.7. The number of carbonyl (C=O) groups is 1. The molecular formula is C22H18F3NO3. The minimum Gasteiger partial charge on any atom is -0.478 e. The number of hydrogen-bond donors (Lipinski definition) is 1. The molecule has 0 aliphatic carbocycles. The second-order valence-corrected chi connectivity index (χ2v) is 6.35. The fourth-order valence-electron chi connectivity index (χ4n) is 2.88. The van der Waals surface area contributed by atoms with E-state index in [-0.39, 0.29) is 17.9 Å². The number of carboxylic acids is 1. The van der Waals surface area contributed by atoms with Crippen LogP contribution in [-0.4, -0.2) is 17.4 Å². The van der Waals surface area contributed by atoms with E-state index >= 15 is 0 Å². The van der Waals surface area contributed by atoms with Gasteiger partial charge < -0.3 is 14.7 Å². The van der Waals surface area contributed by atoms with Crippen LogP contribution in [0.4, 0.5) is 24.5 Å². The average Bonchev–Trinajstić information content (AvgIpc) is 2.67. The van der Waals surface area contributed by atoms with E-state index in [9.17, 15) is 23.1 Å². The zero-order chi connectivity index (χ0) is 21.0. The van der Waals surface area contributed by atoms with E-state index in [2.05, 4.69) is 0 Å². The van der Waals surface area contributed by atoms with Gasteiger partial charge in [-0.1, -0.05) is 18.2 Å². The Morgan fingerprint density at radius 2 is 1.76 bits per heavy atom. The first-order valence-electron chi connectivity index (χ1n) is 8.79. The molecule has 0 fully saturated rings. The maximum Gasteiger partial charge on any atom is 0.335 e. The zero-order valence-electron chi connectivity index (χ0n) is 15.5. The summed E-state index contributed by atoms with van der Waals surface area (Å²) in [5, 5.41) is 9.27. The molecule has 29 heavy (non-hydrogen) atoms. The van der Waals surface area contributed by atoms with Crippen molar-refractivity contribution < 1.29 is 27.8 Å². The molecule has 3 aromatic rings. The third-order valence-corrected chi connectivity index (χ3v) is 4.15. The number of benzene rings is 3. The fraction of sp³-hybridized carbons (Fsp3) is 0.136. The highest BCUT2D eigenvalue weighted by atomic mass is 19.1. The molecule has 0 aromatic heterocycles. The Bertz CT molecular complexity index is 1020. The number of carboxylic acid groups (broad SMARTS) is 1. The van der Waals surface area contributed by atoms with Crippen LogP contribution < -0.4 is 9.64 Å². The molecule has 1 N–H and O–H groups in total. The number of rotatable bonds is 7. The lowest BCUT2D eigenvalue weighted by Gasteiger charge is -2.26. The Balaban J connectivity index is 2.04. The maximum atomic E-state index is 14.4. The number of ether oxygens (including phenoxy) is 1. The van der Waals surface area contributed by atoms with Crippen molar-refractivity contribution in [3.63, 3.8) is 0 Å². The van der Waals surface area contributed by atoms with E-state index in [0.29, 0.717) is 16.9 Å². The molecule has 0 saturated carbocycles. The number of anilines is 2. The summed E-state index contributed by atoms with van der Waals surface area (Å²) in [7, 11) is 0. The Morgan fingerprint density at radius 1 is 1.03 bits per heavy atom. The van der Waals surface area contributed by atoms with Crippen LogP contribution in [-0.2, 0) is 6.54 Å². The molecule has 0 saturated heterocycles. The first-order valence-corrected chi connectivity index (χ1v) is 8.79. The highest BCUT2D eigenvalue weighted by Crippen LogP contribution is 2.32. The van der Waals surface area contributed by atoms with Crippen LogP contribution >= 0.6 is 0 Å². The van der Waals surface area contributed by atoms with Crippen molar-refractivity contribution in [3.05, 3.63) is 89.5 Å². The molecular weight excluding hydrogens is 383 g/mol. The molecule has 0 spiro atoms. The molecule has 0 aliphatic heterocycles. The maximum absolute atomic E-state index is 14.4. The van der Waals surface area contributed by atoms with E-state index < -0.39 is 24.0 Å². The molecule has 0 bridgehead atoms. The predicted molar refractivity (Wildman–Crippen MR) is 103 cm³/mol. The number of aromatic carboxylic acids is 1. The van der Waals surface area contributed by atoms with Gasteiger partial charge in [0, 0.05) is 30.9 Å². The van der Waals surface area contributed by atoms with Crippen molar-refractivity contribution in [2.24, 2.45) is 0 Å². The minimum atomic E-state index is -1.68. The van der Waals surface area contributed by atoms with Gasteiger partial charge >= 0.3 is 5.97 Å². The third-order valence-electron chi connectivity index (χ3n) is 4.15. The molecule has 3 rings (SSSR count). The van der Waals surface area contributed by atoms with Crippen LogP contribution in [0.15, 0.2) is 66.7 Å². The quantitative estimate of drug-likeness (QED) is 0.552. The van der Waals surface area contributed by atoms with E-state index in [1.54, 1.807) is 29.2 Å². The summed E-state index contributed by atoms with van der Waals surface area (Å²) in [6.45, 7) is 1.29. The average molecular weight is 401 g/mol. The van der Waals surface area contributed by atoms with E-state index in [1.807, 2.05) is 0 Å². The van der Waals surface area contributed by atoms with Gasteiger partial charge in [0.2, 0.25) is 6.36 Å². The van der Waals surface area contributed by atoms with Gasteiger partial charge in [0.05, 0.1) is 5.56 Å². The second-order valence-electron chi connectivity index (χ2n) is 6.35. The van der Waals surface area contributed by atoms with Gasteiger partial charge in [0.1, 0.15) is 5.82 Å². The lowest BCUT2D eigenvalue weighted by molar-refractivity contribution is 0.0696. The molecule has 3 aromatic carbocycles. The Hall–Kier alpha value is -3.48. The fourth-order valence-corrected chi connectivity index (χ4v) is 2.88. The summed E-state index contributed by atoms with van der Waals surface area (Å²) < 4.78 is 45.9. The number of halogens is 3. The molecule has 7 heteroatoms. The molecule has 1 unspecified atom stereocenters. The van der Waals surface area contributed by atoms with Gasteiger partial charge in [-0.15, -0.1) is 0 Å². The van der Waals surface area contributed by atoms with E-state index in [1.165, 1.54) is 36.4 Å². The van der Waals surface area contributed by atoms with Crippen molar-refractivity contribution in [2.75, 3.05) is 4.90 Å². The molecule has 0 amide bonds. The minimum absolute atomic E-state index is 0.0541. The third kappa shape index (κ3) is 5.07. The summed E-state index contributed by atoms with van der Waals surface area (Å²) in [5.41, 5.74) is 1.50. The van der Waals surface area contributed by atoms with Crippen LogP contribution in [0.3, 0.4) is 0 Å². The molecule has 1 atom stereocenters. The van der Waals surface area contributed by atoms with Crippen molar-refractivity contribution >= 4 is 17.3 Å². The standard InChI is InChI=1S/C22H18F3NO3/c1-14(23)29-21-9-8-19(12-20(21)25)26(13-15-4-2-6-17(24)10-15)18-7-3-5-16(11-18)22(27)28/h2-12,14H,13H2,1H3,(H,27,28). The summed E-state index contributed by atoms with van der Waals surface area (Å²) in [6.07, 6.45) is -1.68. The number of nitrogens with zero attached hydrogens (tertiary/aromatic N) is 1. The SMILES string of the molecule is CC(F)Oc1ccc(N(Cc2cccc(F)c2)c2cccc(C(=O)O)c2)cc1F. The highest BCUT2D eigenvalue weighted by molar-refractivity contribution is 5.89. The lowest BCUT2D eigenvalue weighted by atomic mass is 10.1. The van der Waals surface area contributed by atoms with E-state index in [4.69, 9.17) is 4.74 Å². The lowest BCUT2D eigenvalue weighted by Crippen LogP contribution is -2.17. The first kappa shape index (κ1) is 20.3. The van der Waals surface area contributed by atoms with E-state index in [0.717, 1.165) is 13.0 Å². The van der Waals surface area contributed by atoms with Gasteiger partial charge in [0.15, 0.2) is 11.6 Å². The van der Waals surface area contributed by atoms with Gasteiger partial charge in [-0.05, 0) is 48.0 Å². The highest BCUT2D eigenvalue weighted by Gasteiger charge is 2.16. The molecule has 0 radical (unpaired) electrons. The van der Waals surface area contributed by atoms with Crippen molar-refractivity contribution in [3.8, 4) is 5.75 Å². The van der Waals surface area contributed by atoms with Crippen molar-refractivity contribution in [1.82, 2.24) is 0 Å². The van der Waals surface area contributed by atoms with Gasteiger partial charge in [-0.3, -0.25) is 0 Å². The summed E-state index contributed by atoms with van der Waals surface area (Å²) >= 11 is 0. The van der Waals surface area contributed by atoms with Crippen molar-refractivity contribution in [2.45, 2.75) is 19.8 Å². The molecule has 4 nitrogen and oxygen atoms in total. The summed E-state index contributed by atoms with van der Waals surface area (Å²) in [6, 6.07) is 16.0. The Kier molecular flexibility index (Phi) is 6.07. The van der Waals surface area contributed by atoms with Crippen LogP contribution in [0.2, 0.25) is 0 Å². The summed E-state index contributed by atoms with van der Waals surface area (Å²) in [5.74, 6) is -2.54. The largest absolute Gasteiger partial charge is 0.478 e. The zero-order valence-corrected chi connectivity index (χ0v) is 15.5. The number of hydrogen-bond acceptors (Lipinski definition) is 3. The van der Waals surface area contributed by atoms with Crippen molar-refractivity contribution in [1.29, 1.82) is 0 Å². The first-order chi connectivity index (χ1) is 13.8. The van der Waals surface area contributed by atoms with Crippen LogP contribution in [0.5, 0.6) is 5.75 Å². The van der Waals surface area contributed by atoms with Crippen LogP contribution in [0, 0.1) is 11.6 Å².